The highest BCUT2D eigenvalue weighted by Gasteiger charge is 2.20. The largest absolute Gasteiger partial charge is 0.509 e. The molecule has 0 amide bonds. The molecule has 1 N–H and O–H groups in total. The van der Waals surface area contributed by atoms with E-state index in [2.05, 4.69) is 0 Å². The molecule has 0 bridgehead atoms. The summed E-state index contributed by atoms with van der Waals surface area (Å²) in [6.45, 7) is 7.39. The van der Waals surface area contributed by atoms with Crippen LogP contribution in [0.5, 0.6) is 0 Å². The maximum absolute atomic E-state index is 11.8. The zero-order valence-corrected chi connectivity index (χ0v) is 10.3. The summed E-state index contributed by atoms with van der Waals surface area (Å²) in [7, 11) is 1.53. The molecule has 0 saturated heterocycles. The topological polar surface area (TPSA) is 46.5 Å². The van der Waals surface area contributed by atoms with E-state index in [1.807, 2.05) is 20.8 Å². The van der Waals surface area contributed by atoms with Crippen molar-refractivity contribution in [1.82, 2.24) is 0 Å². The van der Waals surface area contributed by atoms with E-state index in [4.69, 9.17) is 4.74 Å². The summed E-state index contributed by atoms with van der Waals surface area (Å²) in [4.78, 5) is 11.8. The maximum atomic E-state index is 11.8. The average molecular weight is 214 g/mol. The van der Waals surface area contributed by atoms with E-state index >= 15 is 0 Å². The van der Waals surface area contributed by atoms with Crippen LogP contribution >= 0.6 is 0 Å². The molecule has 2 atom stereocenters. The van der Waals surface area contributed by atoms with Gasteiger partial charge in [-0.3, -0.25) is 4.79 Å². The van der Waals surface area contributed by atoms with Crippen molar-refractivity contribution < 1.29 is 14.6 Å². The monoisotopic (exact) mass is 214 g/mol. The van der Waals surface area contributed by atoms with E-state index in [1.54, 1.807) is 6.92 Å². The Labute approximate surface area is 92.1 Å². The third kappa shape index (κ3) is 3.67. The van der Waals surface area contributed by atoms with Crippen LogP contribution in [0, 0.1) is 5.92 Å². The van der Waals surface area contributed by atoms with Crippen molar-refractivity contribution in [2.24, 2.45) is 5.92 Å². The van der Waals surface area contributed by atoms with Crippen molar-refractivity contribution in [3.8, 4) is 0 Å². The van der Waals surface area contributed by atoms with Crippen molar-refractivity contribution in [3.05, 3.63) is 11.3 Å². The second-order valence-electron chi connectivity index (χ2n) is 3.82. The number of ether oxygens (including phenoxy) is 1. The normalized spacial score (nSPS) is 16.9. The zero-order chi connectivity index (χ0) is 12.0. The molecule has 3 nitrogen and oxygen atoms in total. The highest BCUT2D eigenvalue weighted by molar-refractivity contribution is 5.96. The van der Waals surface area contributed by atoms with E-state index in [-0.39, 0.29) is 23.6 Å². The Bertz CT molecular complexity index is 239. The summed E-state index contributed by atoms with van der Waals surface area (Å²) in [6.07, 6.45) is 1.08. The van der Waals surface area contributed by atoms with Crippen LogP contribution in [-0.2, 0) is 9.53 Å². The molecule has 0 radical (unpaired) electrons. The molecule has 0 fully saturated rings. The number of Topliss-reactive ketones (excluding diaryl/α,β-unsaturated/α-hetero) is 1. The molecule has 0 saturated carbocycles. The summed E-state index contributed by atoms with van der Waals surface area (Å²) >= 11 is 0. The molecule has 0 aromatic rings. The minimum atomic E-state index is -0.363. The molecular weight excluding hydrogens is 192 g/mol. The number of carbonyl (C=O) groups is 1. The van der Waals surface area contributed by atoms with Crippen LogP contribution in [0.4, 0.5) is 0 Å². The van der Waals surface area contributed by atoms with Crippen LogP contribution in [0.15, 0.2) is 11.3 Å². The van der Waals surface area contributed by atoms with Gasteiger partial charge in [0.25, 0.3) is 0 Å². The van der Waals surface area contributed by atoms with Gasteiger partial charge in [0, 0.05) is 18.6 Å². The van der Waals surface area contributed by atoms with Crippen molar-refractivity contribution in [2.45, 2.75) is 46.6 Å². The number of hydrogen-bond acceptors (Lipinski definition) is 3. The molecule has 0 aliphatic carbocycles. The summed E-state index contributed by atoms with van der Waals surface area (Å²) in [5, 5.41) is 9.83. The van der Waals surface area contributed by atoms with Crippen LogP contribution in [0.25, 0.3) is 0 Å². The van der Waals surface area contributed by atoms with Gasteiger partial charge in [0.1, 0.15) is 11.9 Å². The lowest BCUT2D eigenvalue weighted by Gasteiger charge is -2.16. The van der Waals surface area contributed by atoms with Crippen LogP contribution in [0.3, 0.4) is 0 Å². The van der Waals surface area contributed by atoms with Crippen LogP contribution in [-0.4, -0.2) is 24.1 Å². The fourth-order valence-corrected chi connectivity index (χ4v) is 1.39. The Morgan fingerprint density at radius 3 is 2.20 bits per heavy atom. The van der Waals surface area contributed by atoms with Gasteiger partial charge < -0.3 is 9.84 Å². The van der Waals surface area contributed by atoms with Crippen molar-refractivity contribution in [1.29, 1.82) is 0 Å². The van der Waals surface area contributed by atoms with Crippen LogP contribution in [0.2, 0.25) is 0 Å². The Morgan fingerprint density at radius 1 is 1.33 bits per heavy atom. The van der Waals surface area contributed by atoms with Gasteiger partial charge in [-0.1, -0.05) is 20.8 Å². The summed E-state index contributed by atoms with van der Waals surface area (Å²) in [5.74, 6) is 0.0392. The van der Waals surface area contributed by atoms with Gasteiger partial charge >= 0.3 is 0 Å². The molecule has 0 unspecified atom stereocenters. The molecular formula is C12H22O3. The molecule has 0 aliphatic heterocycles. The average Bonchev–Trinajstić information content (AvgIpc) is 2.27. The number of ketones is 1. The third-order valence-electron chi connectivity index (χ3n) is 2.77. The molecule has 0 spiro atoms. The second-order valence-corrected chi connectivity index (χ2v) is 3.82. The molecule has 0 aliphatic rings. The van der Waals surface area contributed by atoms with Crippen LogP contribution < -0.4 is 0 Å². The fraction of sp³-hybridized carbons (Fsp3) is 0.750. The Balaban J connectivity index is 4.83. The van der Waals surface area contributed by atoms with Gasteiger partial charge in [-0.25, -0.2) is 0 Å². The molecule has 15 heavy (non-hydrogen) atoms. The highest BCUT2D eigenvalue weighted by atomic mass is 16.5. The lowest BCUT2D eigenvalue weighted by molar-refractivity contribution is -0.119. The third-order valence-corrected chi connectivity index (χ3v) is 2.77. The first-order chi connectivity index (χ1) is 6.99. The maximum Gasteiger partial charge on any atom is 0.164 e. The van der Waals surface area contributed by atoms with E-state index in [0.29, 0.717) is 12.0 Å². The van der Waals surface area contributed by atoms with E-state index in [9.17, 15) is 9.90 Å². The first-order valence-electron chi connectivity index (χ1n) is 5.46. The summed E-state index contributed by atoms with van der Waals surface area (Å²) in [6, 6.07) is 0. The number of methoxy groups -OCH3 is 1. The van der Waals surface area contributed by atoms with Crippen molar-refractivity contribution in [2.75, 3.05) is 7.11 Å². The Kier molecular flexibility index (Phi) is 6.25. The number of aliphatic hydroxyl groups excluding tert-OH is 1. The molecule has 0 aromatic carbocycles. The Morgan fingerprint density at radius 2 is 1.87 bits per heavy atom. The smallest absolute Gasteiger partial charge is 0.164 e. The fourth-order valence-electron chi connectivity index (χ4n) is 1.39. The molecule has 88 valence electrons. The molecule has 0 heterocycles. The molecule has 0 aromatic heterocycles. The Hall–Kier alpha value is -0.830. The van der Waals surface area contributed by atoms with Crippen molar-refractivity contribution >= 4 is 5.78 Å². The summed E-state index contributed by atoms with van der Waals surface area (Å²) in [5.41, 5.74) is 0.429. The molecule has 3 heteroatoms. The number of rotatable bonds is 6. The molecule has 0 rings (SSSR count). The predicted molar refractivity (Wildman–Crippen MR) is 60.9 cm³/mol. The lowest BCUT2D eigenvalue weighted by atomic mass is 9.96. The van der Waals surface area contributed by atoms with Gasteiger partial charge in [0.05, 0.1) is 0 Å². The van der Waals surface area contributed by atoms with Gasteiger partial charge in [0.2, 0.25) is 0 Å². The van der Waals surface area contributed by atoms with Crippen molar-refractivity contribution in [3.63, 3.8) is 0 Å². The highest BCUT2D eigenvalue weighted by Crippen LogP contribution is 2.17. The standard InChI is InChI=1S/C12H22O3/c1-6-8(3)11(13)9(4)12(14)10(7-2)15-5/h8,10,14H,6-7H2,1-5H3/b12-9-/t8-,10+/m1/s1. The van der Waals surface area contributed by atoms with E-state index < -0.39 is 0 Å². The number of hydrogen-bond donors (Lipinski definition) is 1. The van der Waals surface area contributed by atoms with Gasteiger partial charge in [-0.2, -0.15) is 0 Å². The number of carbonyl (C=O) groups excluding carboxylic acids is 1. The van der Waals surface area contributed by atoms with Crippen LogP contribution in [0.1, 0.15) is 40.5 Å². The first-order valence-corrected chi connectivity index (χ1v) is 5.46. The minimum absolute atomic E-state index is 0.00509. The van der Waals surface area contributed by atoms with E-state index in [0.717, 1.165) is 6.42 Å². The minimum Gasteiger partial charge on any atom is -0.509 e. The first kappa shape index (κ1) is 14.2. The van der Waals surface area contributed by atoms with Gasteiger partial charge in [-0.05, 0) is 19.8 Å². The zero-order valence-electron chi connectivity index (χ0n) is 10.3. The number of aliphatic hydroxyl groups is 1. The van der Waals surface area contributed by atoms with Gasteiger partial charge in [0.15, 0.2) is 5.78 Å². The predicted octanol–water partition coefficient (Wildman–Crippen LogP) is 2.86. The van der Waals surface area contributed by atoms with Gasteiger partial charge in [-0.15, -0.1) is 0 Å². The quantitative estimate of drug-likeness (QED) is 0.546. The number of allylic oxidation sites excluding steroid dienone is 1. The SMILES string of the molecule is CC[C@@H](C)C(=O)/C(C)=C(\O)[C@H](CC)OC. The second kappa shape index (κ2) is 6.62. The van der Waals surface area contributed by atoms with E-state index in [1.165, 1.54) is 7.11 Å². The lowest BCUT2D eigenvalue weighted by Crippen LogP contribution is -2.19. The summed E-state index contributed by atoms with van der Waals surface area (Å²) < 4.78 is 5.09.